The van der Waals surface area contributed by atoms with E-state index >= 15 is 4.39 Å². The van der Waals surface area contributed by atoms with E-state index in [-0.39, 0.29) is 33.3 Å². The summed E-state index contributed by atoms with van der Waals surface area (Å²) in [5, 5.41) is 7.91. The van der Waals surface area contributed by atoms with Crippen LogP contribution in [0, 0.1) is 17.5 Å². The van der Waals surface area contributed by atoms with E-state index < -0.39 is 29.1 Å². The van der Waals surface area contributed by atoms with Crippen molar-refractivity contribution in [2.24, 2.45) is 0 Å². The molecule has 2 aliphatic rings. The molecule has 2 aromatic rings. The average molecular weight is 573 g/mol. The number of rotatable bonds is 8. The summed E-state index contributed by atoms with van der Waals surface area (Å²) in [6, 6.07) is 4.77. The average Bonchev–Trinajstić information content (AvgIpc) is 3.31. The molecule has 0 aromatic heterocycles. The highest BCUT2D eigenvalue weighted by Crippen LogP contribution is 2.37. The SMILES string of the molecule is CC(C)(C)OC(=O)N(Sc1cc(Cl)c(NCc2c(F)ccc(F)c2CN2CCC2)cc1F)C1=CSCN1. The lowest BCUT2D eigenvalue weighted by Gasteiger charge is -2.31. The Balaban J connectivity index is 1.52. The van der Waals surface area contributed by atoms with E-state index in [1.807, 2.05) is 4.90 Å². The first-order chi connectivity index (χ1) is 17.5. The normalized spacial score (nSPS) is 15.6. The Hall–Kier alpha value is -2.21. The van der Waals surface area contributed by atoms with Gasteiger partial charge in [0.1, 0.15) is 28.9 Å². The quantitative estimate of drug-likeness (QED) is 0.333. The van der Waals surface area contributed by atoms with Gasteiger partial charge >= 0.3 is 6.09 Å². The molecule has 2 aromatic carbocycles. The third-order valence-electron chi connectivity index (χ3n) is 5.62. The number of benzene rings is 2. The minimum absolute atomic E-state index is 0.0729. The van der Waals surface area contributed by atoms with Crippen LogP contribution in [0.1, 0.15) is 38.3 Å². The Bertz CT molecular complexity index is 1210. The number of amides is 1. The molecule has 1 saturated heterocycles. The summed E-state index contributed by atoms with van der Waals surface area (Å²) in [6.45, 7) is 7.14. The van der Waals surface area contributed by atoms with Crippen molar-refractivity contribution in [3.63, 3.8) is 0 Å². The Morgan fingerprint density at radius 2 is 1.89 bits per heavy atom. The standard InChI is InChI=1S/C25H28ClF3N4O2S2/c1-25(2,3)35-24(34)33(23-13-36-14-31-23)37-22-9-17(26)21(10-20(22)29)30-11-15-16(12-32-7-4-8-32)19(28)6-5-18(15)27/h5-6,9-10,13,30-31H,4,7-8,11-12,14H2,1-3H3. The summed E-state index contributed by atoms with van der Waals surface area (Å²) in [7, 11) is 0. The van der Waals surface area contributed by atoms with E-state index in [9.17, 15) is 13.6 Å². The highest BCUT2D eigenvalue weighted by molar-refractivity contribution is 8.02. The maximum Gasteiger partial charge on any atom is 0.426 e. The number of anilines is 1. The first kappa shape index (κ1) is 27.8. The van der Waals surface area contributed by atoms with Gasteiger partial charge in [0, 0.05) is 41.6 Å². The third-order valence-corrected chi connectivity index (χ3v) is 7.68. The Morgan fingerprint density at radius 3 is 2.49 bits per heavy atom. The zero-order chi connectivity index (χ0) is 26.7. The van der Waals surface area contributed by atoms with E-state index in [1.165, 1.54) is 28.2 Å². The van der Waals surface area contributed by atoms with E-state index in [1.54, 1.807) is 26.2 Å². The summed E-state index contributed by atoms with van der Waals surface area (Å²) in [5.74, 6) is -0.631. The molecule has 2 aliphatic heterocycles. The zero-order valence-corrected chi connectivity index (χ0v) is 23.1. The second kappa shape index (κ2) is 11.7. The van der Waals surface area contributed by atoms with Crippen LogP contribution < -0.4 is 10.6 Å². The molecule has 0 unspecified atom stereocenters. The lowest BCUT2D eigenvalue weighted by molar-refractivity contribution is 0.0435. The fourth-order valence-electron chi connectivity index (χ4n) is 3.66. The maximum absolute atomic E-state index is 15.2. The van der Waals surface area contributed by atoms with Crippen LogP contribution in [0.2, 0.25) is 5.02 Å². The lowest BCUT2D eigenvalue weighted by Crippen LogP contribution is -2.37. The number of halogens is 4. The second-order valence-electron chi connectivity index (χ2n) is 9.59. The molecule has 12 heteroatoms. The molecule has 6 nitrogen and oxygen atoms in total. The van der Waals surface area contributed by atoms with Crippen molar-refractivity contribution in [2.45, 2.75) is 50.8 Å². The number of hydrogen-bond donors (Lipinski definition) is 2. The highest BCUT2D eigenvalue weighted by Gasteiger charge is 2.29. The van der Waals surface area contributed by atoms with Crippen molar-refractivity contribution in [3.05, 3.63) is 69.1 Å². The number of carbonyl (C=O) groups is 1. The first-order valence-electron chi connectivity index (χ1n) is 11.7. The molecule has 200 valence electrons. The smallest absolute Gasteiger partial charge is 0.426 e. The van der Waals surface area contributed by atoms with Crippen molar-refractivity contribution in [2.75, 3.05) is 24.3 Å². The van der Waals surface area contributed by atoms with Gasteiger partial charge in [-0.15, -0.1) is 11.8 Å². The van der Waals surface area contributed by atoms with Crippen molar-refractivity contribution < 1.29 is 22.7 Å². The summed E-state index contributed by atoms with van der Waals surface area (Å²) >= 11 is 8.73. The molecule has 0 aliphatic carbocycles. The van der Waals surface area contributed by atoms with Gasteiger partial charge in [0.15, 0.2) is 0 Å². The molecule has 2 N–H and O–H groups in total. The van der Waals surface area contributed by atoms with Crippen molar-refractivity contribution in [3.8, 4) is 0 Å². The van der Waals surface area contributed by atoms with Crippen LogP contribution in [0.4, 0.5) is 23.7 Å². The van der Waals surface area contributed by atoms with Crippen LogP contribution in [0.15, 0.2) is 40.4 Å². The van der Waals surface area contributed by atoms with Gasteiger partial charge in [0.2, 0.25) is 0 Å². The lowest BCUT2D eigenvalue weighted by atomic mass is 10.0. The second-order valence-corrected chi connectivity index (χ2v) is 11.8. The number of carbonyl (C=O) groups excluding carboxylic acids is 1. The van der Waals surface area contributed by atoms with Crippen molar-refractivity contribution in [1.29, 1.82) is 0 Å². The van der Waals surface area contributed by atoms with Crippen molar-refractivity contribution in [1.82, 2.24) is 14.5 Å². The fourth-order valence-corrected chi connectivity index (χ4v) is 5.53. The zero-order valence-electron chi connectivity index (χ0n) is 20.7. The molecule has 4 rings (SSSR count). The van der Waals surface area contributed by atoms with Gasteiger partial charge in [-0.3, -0.25) is 4.90 Å². The van der Waals surface area contributed by atoms with Crippen LogP contribution in [0.5, 0.6) is 0 Å². The predicted octanol–water partition coefficient (Wildman–Crippen LogP) is 6.91. The molecule has 0 bridgehead atoms. The van der Waals surface area contributed by atoms with Crippen LogP contribution in [0.25, 0.3) is 0 Å². The molecule has 0 radical (unpaired) electrons. The number of ether oxygens (including phenoxy) is 1. The van der Waals surface area contributed by atoms with Gasteiger partial charge in [-0.2, -0.15) is 4.31 Å². The fraction of sp³-hybridized carbons (Fsp3) is 0.400. The summed E-state index contributed by atoms with van der Waals surface area (Å²) in [5.41, 5.74) is -0.0687. The van der Waals surface area contributed by atoms with Crippen LogP contribution in [-0.4, -0.2) is 39.9 Å². The Labute approximate surface area is 228 Å². The molecular formula is C25H28ClF3N4O2S2. The predicted molar refractivity (Wildman–Crippen MR) is 143 cm³/mol. The number of hydrogen-bond acceptors (Lipinski definition) is 7. The monoisotopic (exact) mass is 572 g/mol. The van der Waals surface area contributed by atoms with Gasteiger partial charge in [-0.05, 0) is 64.5 Å². The third kappa shape index (κ3) is 7.01. The van der Waals surface area contributed by atoms with Gasteiger partial charge in [-0.25, -0.2) is 18.0 Å². The van der Waals surface area contributed by atoms with Gasteiger partial charge < -0.3 is 15.4 Å². The minimum atomic E-state index is -0.743. The highest BCUT2D eigenvalue weighted by atomic mass is 35.5. The first-order valence-corrected chi connectivity index (χ1v) is 13.9. The number of nitrogens with one attached hydrogen (secondary N) is 2. The summed E-state index contributed by atoms with van der Waals surface area (Å²) in [4.78, 5) is 14.9. The summed E-state index contributed by atoms with van der Waals surface area (Å²) < 4.78 is 51.0. The molecule has 37 heavy (non-hydrogen) atoms. The Kier molecular flexibility index (Phi) is 8.77. The topological polar surface area (TPSA) is 56.8 Å². The minimum Gasteiger partial charge on any atom is -0.443 e. The van der Waals surface area contributed by atoms with E-state index in [0.29, 0.717) is 18.2 Å². The van der Waals surface area contributed by atoms with Gasteiger partial charge in [0.05, 0.1) is 21.5 Å². The number of likely N-dealkylation sites (tertiary alicyclic amines) is 1. The Morgan fingerprint density at radius 1 is 1.19 bits per heavy atom. The molecule has 1 amide bonds. The van der Waals surface area contributed by atoms with Crippen LogP contribution in [0.3, 0.4) is 0 Å². The number of thioether (sulfide) groups is 1. The van der Waals surface area contributed by atoms with Crippen LogP contribution >= 0.6 is 35.3 Å². The van der Waals surface area contributed by atoms with E-state index in [4.69, 9.17) is 16.3 Å². The largest absolute Gasteiger partial charge is 0.443 e. The van der Waals surface area contributed by atoms with E-state index in [2.05, 4.69) is 10.6 Å². The molecular weight excluding hydrogens is 545 g/mol. The maximum atomic E-state index is 15.2. The molecule has 2 heterocycles. The number of nitrogens with zero attached hydrogens (tertiary/aromatic N) is 2. The molecule has 0 spiro atoms. The van der Waals surface area contributed by atoms with Crippen molar-refractivity contribution >= 4 is 47.1 Å². The molecule has 1 fully saturated rings. The van der Waals surface area contributed by atoms with E-state index in [0.717, 1.165) is 43.6 Å². The molecule has 0 saturated carbocycles. The van der Waals surface area contributed by atoms with Gasteiger partial charge in [-0.1, -0.05) is 11.6 Å². The summed E-state index contributed by atoms with van der Waals surface area (Å²) in [6.07, 6.45) is 0.370. The molecule has 0 atom stereocenters. The van der Waals surface area contributed by atoms with Gasteiger partial charge in [0.25, 0.3) is 0 Å². The van der Waals surface area contributed by atoms with Crippen LogP contribution in [-0.2, 0) is 17.8 Å².